The minimum absolute atomic E-state index is 0.0737. The van der Waals surface area contributed by atoms with Gasteiger partial charge in [0.25, 0.3) is 5.56 Å². The van der Waals surface area contributed by atoms with Crippen molar-refractivity contribution in [2.75, 3.05) is 31.6 Å². The molecule has 168 valence electrons. The first-order valence-electron chi connectivity index (χ1n) is 11.2. The van der Waals surface area contributed by atoms with Crippen LogP contribution in [-0.2, 0) is 24.3 Å². The number of rotatable bonds is 6. The summed E-state index contributed by atoms with van der Waals surface area (Å²) >= 11 is 0. The highest BCUT2D eigenvalue weighted by Gasteiger charge is 2.23. The molecule has 8 nitrogen and oxygen atoms in total. The number of likely N-dealkylation sites (tertiary alicyclic amines) is 1. The number of hydrogen-bond acceptors (Lipinski definition) is 7. The van der Waals surface area contributed by atoms with Crippen molar-refractivity contribution in [1.82, 2.24) is 24.6 Å². The molecule has 1 unspecified atom stereocenters. The Hall–Kier alpha value is -2.91. The average Bonchev–Trinajstić information content (AvgIpc) is 2.82. The summed E-state index contributed by atoms with van der Waals surface area (Å²) in [5.41, 5.74) is 2.52. The Morgan fingerprint density at radius 3 is 3.06 bits per heavy atom. The van der Waals surface area contributed by atoms with Crippen molar-refractivity contribution in [2.24, 2.45) is 0 Å². The molecule has 3 aromatic rings. The first-order chi connectivity index (χ1) is 15.7. The summed E-state index contributed by atoms with van der Waals surface area (Å²) in [7, 11) is 0. The molecule has 9 heteroatoms. The van der Waals surface area contributed by atoms with Gasteiger partial charge >= 0.3 is 0 Å². The number of fused-ring (bicyclic) bond motifs is 2. The fourth-order valence-electron chi connectivity index (χ4n) is 4.61. The largest absolute Gasteiger partial charge is 0.376 e. The minimum atomic E-state index is -0.302. The maximum absolute atomic E-state index is 13.7. The number of anilines is 1. The van der Waals surface area contributed by atoms with Gasteiger partial charge in [0.05, 0.1) is 31.0 Å². The molecule has 0 aliphatic carbocycles. The number of piperidine rings is 1. The lowest BCUT2D eigenvalue weighted by atomic mass is 10.0. The van der Waals surface area contributed by atoms with Crippen LogP contribution in [0.4, 0.5) is 10.2 Å². The minimum Gasteiger partial charge on any atom is -0.376 e. The topological polar surface area (TPSA) is 85.2 Å². The van der Waals surface area contributed by atoms with Gasteiger partial charge in [0.2, 0.25) is 0 Å². The third-order valence-corrected chi connectivity index (χ3v) is 6.36. The molecule has 2 aliphatic heterocycles. The second-order valence-corrected chi connectivity index (χ2v) is 8.43. The van der Waals surface area contributed by atoms with E-state index in [4.69, 9.17) is 4.74 Å². The SMILES string of the molecule is O=c1cc2c(nn1CCN1CCCCC1CNc1ncnc3ccc(F)cc13)CCOC2. The van der Waals surface area contributed by atoms with E-state index < -0.39 is 0 Å². The molecular formula is C23H27FN6O2. The first kappa shape index (κ1) is 21.0. The number of aromatic nitrogens is 4. The summed E-state index contributed by atoms with van der Waals surface area (Å²) in [4.78, 5) is 23.4. The number of hydrogen-bond donors (Lipinski definition) is 1. The van der Waals surface area contributed by atoms with E-state index in [1.807, 2.05) is 0 Å². The molecule has 4 heterocycles. The van der Waals surface area contributed by atoms with Gasteiger partial charge in [-0.2, -0.15) is 5.10 Å². The zero-order chi connectivity index (χ0) is 21.9. The van der Waals surface area contributed by atoms with E-state index in [0.717, 1.165) is 43.6 Å². The van der Waals surface area contributed by atoms with Gasteiger partial charge in [-0.15, -0.1) is 0 Å². The van der Waals surface area contributed by atoms with E-state index in [2.05, 4.69) is 25.3 Å². The molecule has 1 aromatic carbocycles. The van der Waals surface area contributed by atoms with Crippen molar-refractivity contribution in [2.45, 2.75) is 44.9 Å². The van der Waals surface area contributed by atoms with Crippen LogP contribution in [0.15, 0.2) is 35.4 Å². The van der Waals surface area contributed by atoms with Gasteiger partial charge in [-0.1, -0.05) is 6.42 Å². The molecule has 32 heavy (non-hydrogen) atoms. The molecule has 2 aromatic heterocycles. The predicted molar refractivity (Wildman–Crippen MR) is 119 cm³/mol. The van der Waals surface area contributed by atoms with Crippen molar-refractivity contribution >= 4 is 16.7 Å². The Bertz CT molecular complexity index is 1170. The molecule has 0 bridgehead atoms. The summed E-state index contributed by atoms with van der Waals surface area (Å²) in [5.74, 6) is 0.346. The van der Waals surface area contributed by atoms with Gasteiger partial charge < -0.3 is 10.1 Å². The van der Waals surface area contributed by atoms with E-state index in [9.17, 15) is 9.18 Å². The van der Waals surface area contributed by atoms with Crippen molar-refractivity contribution in [1.29, 1.82) is 0 Å². The Kier molecular flexibility index (Phi) is 6.09. The van der Waals surface area contributed by atoms with Crippen molar-refractivity contribution < 1.29 is 9.13 Å². The lowest BCUT2D eigenvalue weighted by Crippen LogP contribution is -2.46. The lowest BCUT2D eigenvalue weighted by molar-refractivity contribution is 0.107. The fourth-order valence-corrected chi connectivity index (χ4v) is 4.61. The lowest BCUT2D eigenvalue weighted by Gasteiger charge is -2.36. The first-order valence-corrected chi connectivity index (χ1v) is 11.2. The van der Waals surface area contributed by atoms with Crippen molar-refractivity contribution in [3.8, 4) is 0 Å². The Morgan fingerprint density at radius 1 is 1.19 bits per heavy atom. The van der Waals surface area contributed by atoms with Crippen LogP contribution in [0, 0.1) is 5.82 Å². The van der Waals surface area contributed by atoms with E-state index >= 15 is 0 Å². The van der Waals surface area contributed by atoms with Crippen molar-refractivity contribution in [3.05, 3.63) is 58.0 Å². The van der Waals surface area contributed by atoms with Gasteiger partial charge in [0.1, 0.15) is 18.0 Å². The summed E-state index contributed by atoms with van der Waals surface area (Å²) in [5, 5.41) is 8.68. The van der Waals surface area contributed by atoms with Gasteiger partial charge in [-0.25, -0.2) is 19.0 Å². The zero-order valence-corrected chi connectivity index (χ0v) is 18.0. The second kappa shape index (κ2) is 9.30. The van der Waals surface area contributed by atoms with Crippen LogP contribution in [0.5, 0.6) is 0 Å². The van der Waals surface area contributed by atoms with E-state index in [1.165, 1.54) is 24.9 Å². The van der Waals surface area contributed by atoms with Crippen molar-refractivity contribution in [3.63, 3.8) is 0 Å². The highest BCUT2D eigenvalue weighted by molar-refractivity contribution is 5.88. The summed E-state index contributed by atoms with van der Waals surface area (Å²) in [6.07, 6.45) is 5.62. The molecule has 5 rings (SSSR count). The van der Waals surface area contributed by atoms with Gasteiger partial charge in [0.15, 0.2) is 0 Å². The standard InChI is InChI=1S/C23H27FN6O2/c24-17-4-5-21-19(12-17)23(27-15-26-21)25-13-18-3-1-2-7-29(18)8-9-30-22(31)11-16-14-32-10-6-20(16)28-30/h4-5,11-12,15,18H,1-3,6-10,13-14H2,(H,25,26,27). The maximum atomic E-state index is 13.7. The molecule has 0 amide bonds. The molecule has 0 radical (unpaired) electrons. The maximum Gasteiger partial charge on any atom is 0.267 e. The molecule has 1 fully saturated rings. The Morgan fingerprint density at radius 2 is 2.12 bits per heavy atom. The highest BCUT2D eigenvalue weighted by Crippen LogP contribution is 2.22. The van der Waals surface area contributed by atoms with Crippen LogP contribution in [0.25, 0.3) is 10.9 Å². The van der Waals surface area contributed by atoms with Crippen LogP contribution in [0.1, 0.15) is 30.5 Å². The third kappa shape index (κ3) is 4.49. The molecule has 2 aliphatic rings. The number of halogens is 1. The second-order valence-electron chi connectivity index (χ2n) is 8.43. The summed E-state index contributed by atoms with van der Waals surface area (Å²) < 4.78 is 20.8. The zero-order valence-electron chi connectivity index (χ0n) is 18.0. The van der Waals surface area contributed by atoms with Gasteiger partial charge in [0, 0.05) is 42.6 Å². The number of nitrogens with zero attached hydrogens (tertiary/aromatic N) is 5. The third-order valence-electron chi connectivity index (χ3n) is 6.36. The smallest absolute Gasteiger partial charge is 0.267 e. The van der Waals surface area contributed by atoms with Gasteiger partial charge in [-0.3, -0.25) is 9.69 Å². The molecule has 1 saturated heterocycles. The molecule has 1 N–H and O–H groups in total. The van der Waals surface area contributed by atoms with Gasteiger partial charge in [-0.05, 0) is 37.6 Å². The Balaban J connectivity index is 1.26. The monoisotopic (exact) mass is 438 g/mol. The van der Waals surface area contributed by atoms with Crippen LogP contribution in [-0.4, -0.2) is 56.9 Å². The summed E-state index contributed by atoms with van der Waals surface area (Å²) in [6, 6.07) is 6.51. The number of nitrogens with one attached hydrogen (secondary N) is 1. The normalized spacial score (nSPS) is 19.1. The molecule has 0 spiro atoms. The predicted octanol–water partition coefficient (Wildman–Crippen LogP) is 2.36. The van der Waals surface area contributed by atoms with E-state index in [1.54, 1.807) is 16.8 Å². The molecular weight excluding hydrogens is 411 g/mol. The summed E-state index contributed by atoms with van der Waals surface area (Å²) in [6.45, 7) is 4.13. The quantitative estimate of drug-likeness (QED) is 0.632. The highest BCUT2D eigenvalue weighted by atomic mass is 19.1. The van der Waals surface area contributed by atoms with E-state index in [-0.39, 0.29) is 11.4 Å². The number of benzene rings is 1. The van der Waals surface area contributed by atoms with E-state index in [0.29, 0.717) is 49.1 Å². The van der Waals surface area contributed by atoms with Crippen LogP contribution in [0.3, 0.4) is 0 Å². The van der Waals surface area contributed by atoms with Crippen LogP contribution >= 0.6 is 0 Å². The average molecular weight is 439 g/mol. The van der Waals surface area contributed by atoms with Crippen LogP contribution < -0.4 is 10.9 Å². The Labute approximate surface area is 185 Å². The number of ether oxygens (including phenoxy) is 1. The van der Waals surface area contributed by atoms with Crippen LogP contribution in [0.2, 0.25) is 0 Å². The fraction of sp³-hybridized carbons (Fsp3) is 0.478. The molecule has 1 atom stereocenters. The molecule has 0 saturated carbocycles.